The van der Waals surface area contributed by atoms with Crippen molar-refractivity contribution < 1.29 is 14.4 Å². The van der Waals surface area contributed by atoms with Crippen molar-refractivity contribution in [2.24, 2.45) is 0 Å². The summed E-state index contributed by atoms with van der Waals surface area (Å²) < 4.78 is 0. The fourth-order valence-electron chi connectivity index (χ4n) is 5.54. The summed E-state index contributed by atoms with van der Waals surface area (Å²) in [5.74, 6) is -1.22. The van der Waals surface area contributed by atoms with Crippen LogP contribution in [-0.2, 0) is 9.59 Å². The zero-order chi connectivity index (χ0) is 38.0. The Morgan fingerprint density at radius 3 is 2.17 bits per heavy atom. The monoisotopic (exact) mass is 747 g/mol. The van der Waals surface area contributed by atoms with Crippen molar-refractivity contribution in [1.29, 1.82) is 5.26 Å². The fraction of sp³-hybridized carbons (Fsp3) is 0.0909. The van der Waals surface area contributed by atoms with Crippen molar-refractivity contribution in [3.63, 3.8) is 0 Å². The zero-order valence-corrected chi connectivity index (χ0v) is 31.5. The van der Waals surface area contributed by atoms with Gasteiger partial charge in [-0.25, -0.2) is 0 Å². The molecule has 0 aliphatic carbocycles. The molecule has 0 fully saturated rings. The van der Waals surface area contributed by atoms with Gasteiger partial charge in [0.25, 0.3) is 11.8 Å². The van der Waals surface area contributed by atoms with Gasteiger partial charge in [0.15, 0.2) is 0 Å². The van der Waals surface area contributed by atoms with E-state index in [1.54, 1.807) is 48.5 Å². The van der Waals surface area contributed by atoms with Gasteiger partial charge in [0, 0.05) is 46.9 Å². The number of benzene rings is 5. The van der Waals surface area contributed by atoms with Gasteiger partial charge in [0.05, 0.1) is 5.56 Å². The lowest BCUT2D eigenvalue weighted by Gasteiger charge is -2.18. The Morgan fingerprint density at radius 2 is 1.50 bits per heavy atom. The summed E-state index contributed by atoms with van der Waals surface area (Å²) in [5.41, 5.74) is 6.66. The third kappa shape index (κ3) is 9.33. The van der Waals surface area contributed by atoms with Crippen LogP contribution in [0, 0.1) is 18.3 Å². The summed E-state index contributed by atoms with van der Waals surface area (Å²) in [6.07, 6.45) is 1.63. The van der Waals surface area contributed by atoms with E-state index in [1.807, 2.05) is 122 Å². The van der Waals surface area contributed by atoms with Crippen LogP contribution in [0.15, 0.2) is 149 Å². The lowest BCUT2D eigenvalue weighted by Crippen LogP contribution is -2.30. The average molecular weight is 748 g/mol. The van der Waals surface area contributed by atoms with Gasteiger partial charge in [0.2, 0.25) is 5.91 Å². The Kier molecular flexibility index (Phi) is 12.0. The van der Waals surface area contributed by atoms with Crippen LogP contribution in [0.3, 0.4) is 0 Å². The smallest absolute Gasteiger partial charge is 0.272 e. The van der Waals surface area contributed by atoms with Crippen molar-refractivity contribution in [2.45, 2.75) is 17.1 Å². The second-order valence-electron chi connectivity index (χ2n) is 12.6. The first kappa shape index (κ1) is 37.4. The van der Waals surface area contributed by atoms with Gasteiger partial charge < -0.3 is 20.9 Å². The average Bonchev–Trinajstić information content (AvgIpc) is 3.60. The minimum Gasteiger partial charge on any atom is -0.378 e. The van der Waals surface area contributed by atoms with Gasteiger partial charge in [-0.2, -0.15) is 5.26 Å². The van der Waals surface area contributed by atoms with Crippen LogP contribution in [0.1, 0.15) is 37.9 Å². The second kappa shape index (κ2) is 17.4. The first-order chi connectivity index (χ1) is 26.2. The van der Waals surface area contributed by atoms with E-state index in [9.17, 15) is 19.6 Å². The van der Waals surface area contributed by atoms with Crippen LogP contribution in [-0.4, -0.2) is 31.8 Å². The van der Waals surface area contributed by atoms with E-state index >= 15 is 0 Å². The number of nitrogens with one attached hydrogen (secondary N) is 3. The van der Waals surface area contributed by atoms with Crippen LogP contribution >= 0.6 is 23.1 Å². The number of thiophene rings is 1. The number of anilines is 3. The van der Waals surface area contributed by atoms with Crippen LogP contribution in [0.25, 0.3) is 17.2 Å². The number of aryl methyl sites for hydroxylation is 1. The quantitative estimate of drug-likeness (QED) is 0.0849. The lowest BCUT2D eigenvalue weighted by molar-refractivity contribution is -0.116. The maximum absolute atomic E-state index is 14.0. The highest BCUT2D eigenvalue weighted by atomic mass is 32.2. The predicted octanol–water partition coefficient (Wildman–Crippen LogP) is 9.54. The molecule has 1 atom stereocenters. The Hall–Kier alpha value is -6.41. The molecule has 8 nitrogen and oxygen atoms in total. The molecular formula is C44H37N5O3S2. The van der Waals surface area contributed by atoms with E-state index in [2.05, 4.69) is 22.0 Å². The molecule has 3 N–H and O–H groups in total. The third-order valence-corrected chi connectivity index (χ3v) is 10.6. The normalized spacial score (nSPS) is 11.6. The molecule has 0 saturated carbocycles. The van der Waals surface area contributed by atoms with Crippen molar-refractivity contribution in [3.05, 3.63) is 172 Å². The molecule has 0 radical (unpaired) electrons. The Balaban J connectivity index is 1.24. The number of thioether (sulfide) groups is 1. The molecule has 0 aliphatic rings. The van der Waals surface area contributed by atoms with Crippen molar-refractivity contribution in [3.8, 4) is 17.2 Å². The molecule has 0 bridgehead atoms. The van der Waals surface area contributed by atoms with Crippen LogP contribution in [0.4, 0.5) is 16.4 Å². The van der Waals surface area contributed by atoms with Crippen LogP contribution < -0.4 is 20.9 Å². The van der Waals surface area contributed by atoms with E-state index in [0.717, 1.165) is 38.4 Å². The molecule has 0 spiro atoms. The molecule has 6 aromatic rings. The SMILES string of the molecule is Cc1ccc(-c2csc(NC(=O)C(Sc3cccc(NC(=O)/C(=C\c4ccc(N(C)C)cc4)NC(=O)c4ccccc4)c3)c3ccccc3)c2C#N)cc1. The molecule has 6 rings (SSSR count). The van der Waals surface area contributed by atoms with E-state index in [4.69, 9.17) is 0 Å². The largest absolute Gasteiger partial charge is 0.378 e. The van der Waals surface area contributed by atoms with E-state index in [-0.39, 0.29) is 11.6 Å². The van der Waals surface area contributed by atoms with Gasteiger partial charge in [-0.05, 0) is 72.2 Å². The first-order valence-electron chi connectivity index (χ1n) is 17.1. The Morgan fingerprint density at radius 1 is 0.815 bits per heavy atom. The number of carbonyl (C=O) groups is 3. The minimum absolute atomic E-state index is 0.0651. The summed E-state index contributed by atoms with van der Waals surface area (Å²) in [4.78, 5) is 43.7. The second-order valence-corrected chi connectivity index (χ2v) is 14.6. The maximum atomic E-state index is 14.0. The molecule has 1 unspecified atom stereocenters. The zero-order valence-electron chi connectivity index (χ0n) is 29.9. The number of hydrogen-bond acceptors (Lipinski definition) is 7. The third-order valence-electron chi connectivity index (χ3n) is 8.44. The number of rotatable bonds is 12. The summed E-state index contributed by atoms with van der Waals surface area (Å²) in [5, 5.41) is 20.5. The van der Waals surface area contributed by atoms with Crippen molar-refractivity contribution in [2.75, 3.05) is 29.6 Å². The van der Waals surface area contributed by atoms with Gasteiger partial charge >= 0.3 is 0 Å². The highest BCUT2D eigenvalue weighted by Gasteiger charge is 2.25. The Bertz CT molecular complexity index is 2330. The first-order valence-corrected chi connectivity index (χ1v) is 18.8. The summed E-state index contributed by atoms with van der Waals surface area (Å²) >= 11 is 2.64. The minimum atomic E-state index is -0.681. The summed E-state index contributed by atoms with van der Waals surface area (Å²) in [7, 11) is 3.89. The number of nitriles is 1. The molecule has 54 heavy (non-hydrogen) atoms. The summed E-state index contributed by atoms with van der Waals surface area (Å²) in [6, 6.07) is 43.1. The Labute approximate surface area is 323 Å². The maximum Gasteiger partial charge on any atom is 0.272 e. The fourth-order valence-corrected chi connectivity index (χ4v) is 7.55. The highest BCUT2D eigenvalue weighted by molar-refractivity contribution is 8.00. The van der Waals surface area contributed by atoms with E-state index in [0.29, 0.717) is 21.8 Å². The lowest BCUT2D eigenvalue weighted by atomic mass is 10.0. The van der Waals surface area contributed by atoms with Gasteiger partial charge in [-0.15, -0.1) is 23.1 Å². The number of carbonyl (C=O) groups excluding carboxylic acids is 3. The van der Waals surface area contributed by atoms with Gasteiger partial charge in [0.1, 0.15) is 22.0 Å². The predicted molar refractivity (Wildman–Crippen MR) is 221 cm³/mol. The molecular weight excluding hydrogens is 711 g/mol. The molecule has 10 heteroatoms. The molecule has 1 aromatic heterocycles. The number of amides is 3. The standard InChI is InChI=1S/C44H37N5O3S2/c1-29-17-21-31(22-18-29)38-28-53-44(37(38)27-45)48-43(52)40(32-11-6-4-7-12-32)54-36-16-10-15-34(26-36)46-42(51)39(47-41(50)33-13-8-5-9-14-33)25-30-19-23-35(24-20-30)49(2)3/h4-26,28,40H,1-3H3,(H,46,51)(H,47,50)(H,48,52)/b39-25+. The molecule has 0 aliphatic heterocycles. The molecule has 1 heterocycles. The topological polar surface area (TPSA) is 114 Å². The van der Waals surface area contributed by atoms with Crippen LogP contribution in [0.2, 0.25) is 0 Å². The molecule has 3 amide bonds. The van der Waals surface area contributed by atoms with Crippen LogP contribution in [0.5, 0.6) is 0 Å². The summed E-state index contributed by atoms with van der Waals surface area (Å²) in [6.45, 7) is 2.01. The molecule has 268 valence electrons. The number of nitrogens with zero attached hydrogens (tertiary/aromatic N) is 2. The molecule has 0 saturated heterocycles. The highest BCUT2D eigenvalue weighted by Crippen LogP contribution is 2.40. The van der Waals surface area contributed by atoms with Crippen molar-refractivity contribution in [1.82, 2.24) is 5.32 Å². The van der Waals surface area contributed by atoms with Gasteiger partial charge in [-0.1, -0.05) is 96.6 Å². The van der Waals surface area contributed by atoms with Crippen molar-refractivity contribution >= 4 is 63.3 Å². The number of hydrogen-bond donors (Lipinski definition) is 3. The van der Waals surface area contributed by atoms with E-state index in [1.165, 1.54) is 23.1 Å². The van der Waals surface area contributed by atoms with Gasteiger partial charge in [-0.3, -0.25) is 14.4 Å². The van der Waals surface area contributed by atoms with E-state index < -0.39 is 17.1 Å². The molecule has 5 aromatic carbocycles.